The van der Waals surface area contributed by atoms with Crippen LogP contribution in [0.2, 0.25) is 0 Å². The SMILES string of the molecule is O=C(NC[C@H]1CCCO1)[C@H]1COCC(=O)N1Cc1ccccc1. The number of ether oxygens (including phenoxy) is 2. The second kappa shape index (κ2) is 7.57. The maximum absolute atomic E-state index is 12.5. The van der Waals surface area contributed by atoms with Gasteiger partial charge >= 0.3 is 0 Å². The monoisotopic (exact) mass is 318 g/mol. The van der Waals surface area contributed by atoms with E-state index in [0.717, 1.165) is 25.0 Å². The minimum atomic E-state index is -0.585. The van der Waals surface area contributed by atoms with Gasteiger partial charge in [-0.25, -0.2) is 0 Å². The summed E-state index contributed by atoms with van der Waals surface area (Å²) in [4.78, 5) is 26.2. The number of rotatable bonds is 5. The lowest BCUT2D eigenvalue weighted by atomic mass is 10.1. The molecule has 0 radical (unpaired) electrons. The lowest BCUT2D eigenvalue weighted by molar-refractivity contribution is -0.155. The molecule has 0 aliphatic carbocycles. The highest BCUT2D eigenvalue weighted by molar-refractivity contribution is 5.89. The number of morpholine rings is 1. The molecule has 1 aromatic rings. The molecule has 0 unspecified atom stereocenters. The number of nitrogens with zero attached hydrogens (tertiary/aromatic N) is 1. The Morgan fingerprint density at radius 3 is 2.87 bits per heavy atom. The number of hydrogen-bond donors (Lipinski definition) is 1. The predicted molar refractivity (Wildman–Crippen MR) is 83.6 cm³/mol. The molecule has 1 N–H and O–H groups in total. The third-order valence-electron chi connectivity index (χ3n) is 4.22. The van der Waals surface area contributed by atoms with Gasteiger partial charge in [-0.05, 0) is 18.4 Å². The molecule has 2 aliphatic rings. The third kappa shape index (κ3) is 4.09. The van der Waals surface area contributed by atoms with Gasteiger partial charge in [-0.2, -0.15) is 0 Å². The fourth-order valence-corrected chi connectivity index (χ4v) is 2.94. The molecule has 3 rings (SSSR count). The van der Waals surface area contributed by atoms with Crippen molar-refractivity contribution in [2.45, 2.75) is 31.5 Å². The zero-order valence-corrected chi connectivity index (χ0v) is 13.1. The van der Waals surface area contributed by atoms with Gasteiger partial charge in [0.1, 0.15) is 12.6 Å². The van der Waals surface area contributed by atoms with Gasteiger partial charge in [-0.1, -0.05) is 30.3 Å². The van der Waals surface area contributed by atoms with E-state index in [2.05, 4.69) is 5.32 Å². The van der Waals surface area contributed by atoms with Crippen LogP contribution < -0.4 is 5.32 Å². The summed E-state index contributed by atoms with van der Waals surface area (Å²) in [6, 6.07) is 9.09. The van der Waals surface area contributed by atoms with Crippen molar-refractivity contribution in [3.63, 3.8) is 0 Å². The molecule has 2 fully saturated rings. The van der Waals surface area contributed by atoms with Crippen molar-refractivity contribution < 1.29 is 19.1 Å². The summed E-state index contributed by atoms with van der Waals surface area (Å²) in [5.41, 5.74) is 1.000. The first-order valence-electron chi connectivity index (χ1n) is 8.04. The van der Waals surface area contributed by atoms with Crippen LogP contribution in [0.1, 0.15) is 18.4 Å². The molecule has 6 heteroatoms. The average Bonchev–Trinajstić information content (AvgIpc) is 3.09. The Morgan fingerprint density at radius 2 is 2.13 bits per heavy atom. The summed E-state index contributed by atoms with van der Waals surface area (Å²) < 4.78 is 10.8. The van der Waals surface area contributed by atoms with E-state index in [0.29, 0.717) is 13.1 Å². The first-order valence-corrected chi connectivity index (χ1v) is 8.04. The van der Waals surface area contributed by atoms with Crippen molar-refractivity contribution in [3.8, 4) is 0 Å². The van der Waals surface area contributed by atoms with Gasteiger partial charge in [0.25, 0.3) is 0 Å². The summed E-state index contributed by atoms with van der Waals surface area (Å²) >= 11 is 0. The van der Waals surface area contributed by atoms with E-state index in [-0.39, 0.29) is 31.1 Å². The standard InChI is InChI=1S/C17H22N2O4/c20-16-12-22-11-15(17(21)18-9-14-7-4-8-23-14)19(16)10-13-5-2-1-3-6-13/h1-3,5-6,14-15H,4,7-12H2,(H,18,21)/t14-,15-/m1/s1. The maximum Gasteiger partial charge on any atom is 0.249 e. The van der Waals surface area contributed by atoms with E-state index in [9.17, 15) is 9.59 Å². The molecule has 0 aromatic heterocycles. The Bertz CT molecular complexity index is 543. The Morgan fingerprint density at radius 1 is 1.30 bits per heavy atom. The van der Waals surface area contributed by atoms with Crippen molar-refractivity contribution in [1.82, 2.24) is 10.2 Å². The second-order valence-corrected chi connectivity index (χ2v) is 5.92. The molecule has 23 heavy (non-hydrogen) atoms. The second-order valence-electron chi connectivity index (χ2n) is 5.92. The van der Waals surface area contributed by atoms with Crippen molar-refractivity contribution in [1.29, 1.82) is 0 Å². The van der Waals surface area contributed by atoms with Crippen LogP contribution in [-0.4, -0.2) is 55.2 Å². The van der Waals surface area contributed by atoms with Crippen LogP contribution in [0.5, 0.6) is 0 Å². The molecule has 2 amide bonds. The summed E-state index contributed by atoms with van der Waals surface area (Å²) in [6.07, 6.45) is 2.08. The fourth-order valence-electron chi connectivity index (χ4n) is 2.94. The average molecular weight is 318 g/mol. The van der Waals surface area contributed by atoms with Crippen molar-refractivity contribution in [2.24, 2.45) is 0 Å². The minimum Gasteiger partial charge on any atom is -0.376 e. The highest BCUT2D eigenvalue weighted by atomic mass is 16.5. The van der Waals surface area contributed by atoms with Gasteiger partial charge in [0.05, 0.1) is 12.7 Å². The van der Waals surface area contributed by atoms with Gasteiger partial charge in [0.15, 0.2) is 0 Å². The predicted octanol–water partition coefficient (Wildman–Crippen LogP) is 0.709. The highest BCUT2D eigenvalue weighted by Gasteiger charge is 2.34. The van der Waals surface area contributed by atoms with Gasteiger partial charge in [-0.3, -0.25) is 9.59 Å². The summed E-state index contributed by atoms with van der Waals surface area (Å²) in [6.45, 7) is 1.92. The van der Waals surface area contributed by atoms with Gasteiger partial charge in [0, 0.05) is 19.7 Å². The Balaban J connectivity index is 1.62. The van der Waals surface area contributed by atoms with E-state index < -0.39 is 6.04 Å². The molecule has 2 heterocycles. The molecule has 0 bridgehead atoms. The van der Waals surface area contributed by atoms with Crippen LogP contribution in [-0.2, 0) is 25.6 Å². The summed E-state index contributed by atoms with van der Waals surface area (Å²) in [5.74, 6) is -0.332. The van der Waals surface area contributed by atoms with Gasteiger partial charge < -0.3 is 19.7 Å². The van der Waals surface area contributed by atoms with E-state index >= 15 is 0 Å². The molecule has 2 aliphatic heterocycles. The zero-order valence-electron chi connectivity index (χ0n) is 13.1. The van der Waals surface area contributed by atoms with E-state index in [4.69, 9.17) is 9.47 Å². The van der Waals surface area contributed by atoms with Gasteiger partial charge in [-0.15, -0.1) is 0 Å². The number of carbonyl (C=O) groups is 2. The highest BCUT2D eigenvalue weighted by Crippen LogP contribution is 2.15. The van der Waals surface area contributed by atoms with Crippen LogP contribution >= 0.6 is 0 Å². The topological polar surface area (TPSA) is 67.9 Å². The van der Waals surface area contributed by atoms with Crippen LogP contribution in [0.3, 0.4) is 0 Å². The molecular formula is C17H22N2O4. The lowest BCUT2D eigenvalue weighted by Crippen LogP contribution is -2.56. The Hall–Kier alpha value is -1.92. The maximum atomic E-state index is 12.5. The number of carbonyl (C=O) groups excluding carboxylic acids is 2. The van der Waals surface area contributed by atoms with Gasteiger partial charge in [0.2, 0.25) is 11.8 Å². The van der Waals surface area contributed by atoms with Crippen LogP contribution in [0, 0.1) is 0 Å². The third-order valence-corrected chi connectivity index (χ3v) is 4.22. The first-order chi connectivity index (χ1) is 11.2. The van der Waals surface area contributed by atoms with Crippen molar-refractivity contribution in [3.05, 3.63) is 35.9 Å². The fraction of sp³-hybridized carbons (Fsp3) is 0.529. The van der Waals surface area contributed by atoms with Crippen molar-refractivity contribution >= 4 is 11.8 Å². The summed E-state index contributed by atoms with van der Waals surface area (Å²) in [7, 11) is 0. The largest absolute Gasteiger partial charge is 0.376 e. The molecule has 0 spiro atoms. The van der Waals surface area contributed by atoms with Crippen molar-refractivity contribution in [2.75, 3.05) is 26.4 Å². The minimum absolute atomic E-state index is 0.0301. The Kier molecular flexibility index (Phi) is 5.25. The normalized spacial score (nSPS) is 24.7. The summed E-state index contributed by atoms with van der Waals surface area (Å²) in [5, 5.41) is 2.89. The van der Waals surface area contributed by atoms with Crippen LogP contribution in [0.15, 0.2) is 30.3 Å². The smallest absolute Gasteiger partial charge is 0.249 e. The molecule has 6 nitrogen and oxygen atoms in total. The molecular weight excluding hydrogens is 296 g/mol. The number of amides is 2. The Labute approximate surface area is 135 Å². The number of benzene rings is 1. The first kappa shape index (κ1) is 16.0. The molecule has 0 saturated carbocycles. The quantitative estimate of drug-likeness (QED) is 0.868. The van der Waals surface area contributed by atoms with E-state index in [1.807, 2.05) is 30.3 Å². The van der Waals surface area contributed by atoms with Crippen LogP contribution in [0.4, 0.5) is 0 Å². The number of nitrogens with one attached hydrogen (secondary N) is 1. The number of hydrogen-bond acceptors (Lipinski definition) is 4. The lowest BCUT2D eigenvalue weighted by Gasteiger charge is -2.34. The molecule has 2 atom stereocenters. The molecule has 2 saturated heterocycles. The zero-order chi connectivity index (χ0) is 16.1. The van der Waals surface area contributed by atoms with Crippen LogP contribution in [0.25, 0.3) is 0 Å². The molecule has 1 aromatic carbocycles. The molecule has 124 valence electrons. The van der Waals surface area contributed by atoms with E-state index in [1.54, 1.807) is 4.90 Å². The van der Waals surface area contributed by atoms with E-state index in [1.165, 1.54) is 0 Å².